The van der Waals surface area contributed by atoms with Crippen molar-refractivity contribution in [2.75, 3.05) is 7.05 Å². The van der Waals surface area contributed by atoms with Crippen molar-refractivity contribution in [1.29, 1.82) is 0 Å². The molecule has 0 aliphatic carbocycles. The fourth-order valence-electron chi connectivity index (χ4n) is 2.58. The Labute approximate surface area is 164 Å². The van der Waals surface area contributed by atoms with E-state index in [1.165, 1.54) is 0 Å². The minimum absolute atomic E-state index is 0.0312. The molecule has 3 amide bonds. The van der Waals surface area contributed by atoms with Crippen LogP contribution < -0.4 is 16.0 Å². The smallest absolute Gasteiger partial charge is 0.407 e. The second kappa shape index (κ2) is 11.8. The van der Waals surface area contributed by atoms with Crippen molar-refractivity contribution in [3.63, 3.8) is 0 Å². The topological polar surface area (TPSA) is 96.5 Å². The van der Waals surface area contributed by atoms with Crippen LogP contribution in [0, 0.1) is 11.8 Å². The average molecular weight is 386 g/mol. The molecule has 7 heteroatoms. The van der Waals surface area contributed by atoms with Gasteiger partial charge in [-0.1, -0.05) is 27.7 Å². The zero-order chi connectivity index (χ0) is 21.2. The molecule has 0 spiro atoms. The Morgan fingerprint density at radius 3 is 1.67 bits per heavy atom. The fraction of sp³-hybridized carbons (Fsp3) is 0.850. The normalized spacial score (nSPS) is 13.9. The standard InChI is InChI=1S/C20H39N3O4/c1-13(2)15(9-11-17(24)21-8)22-18(25)12-10-16(14(3)4)23-19(26)27-20(5,6)7/h13-16H,9-12H2,1-8H3,(H,21,24)(H,22,25)(H,23,26)/t15-,16-/m1/s1. The molecule has 0 aromatic carbocycles. The van der Waals surface area contributed by atoms with Gasteiger partial charge in [0, 0.05) is 32.0 Å². The molecular weight excluding hydrogens is 346 g/mol. The van der Waals surface area contributed by atoms with Crippen LogP contribution in [0.2, 0.25) is 0 Å². The maximum Gasteiger partial charge on any atom is 0.407 e. The summed E-state index contributed by atoms with van der Waals surface area (Å²) in [6, 6.07) is -0.194. The molecule has 0 aromatic heterocycles. The number of nitrogens with one attached hydrogen (secondary N) is 3. The molecule has 0 aromatic rings. The number of hydrogen-bond donors (Lipinski definition) is 3. The van der Waals surface area contributed by atoms with Gasteiger partial charge in [-0.3, -0.25) is 9.59 Å². The molecule has 0 saturated carbocycles. The highest BCUT2D eigenvalue weighted by molar-refractivity contribution is 5.77. The van der Waals surface area contributed by atoms with E-state index in [0.29, 0.717) is 25.7 Å². The van der Waals surface area contributed by atoms with Crippen molar-refractivity contribution in [1.82, 2.24) is 16.0 Å². The van der Waals surface area contributed by atoms with Crippen LogP contribution in [-0.2, 0) is 14.3 Å². The summed E-state index contributed by atoms with van der Waals surface area (Å²) >= 11 is 0. The van der Waals surface area contributed by atoms with Gasteiger partial charge in [0.05, 0.1) is 0 Å². The van der Waals surface area contributed by atoms with E-state index in [1.54, 1.807) is 7.05 Å². The van der Waals surface area contributed by atoms with Crippen molar-refractivity contribution in [2.45, 2.75) is 91.8 Å². The van der Waals surface area contributed by atoms with Crippen LogP contribution in [0.4, 0.5) is 4.79 Å². The molecule has 0 aliphatic heterocycles. The number of hydrogen-bond acceptors (Lipinski definition) is 4. The number of carbonyl (C=O) groups excluding carboxylic acids is 3. The molecule has 0 bridgehead atoms. The van der Waals surface area contributed by atoms with Gasteiger partial charge in [0.2, 0.25) is 11.8 Å². The third-order valence-corrected chi connectivity index (χ3v) is 4.30. The highest BCUT2D eigenvalue weighted by atomic mass is 16.6. The van der Waals surface area contributed by atoms with Gasteiger partial charge in [-0.25, -0.2) is 4.79 Å². The Morgan fingerprint density at radius 2 is 1.26 bits per heavy atom. The van der Waals surface area contributed by atoms with Crippen LogP contribution in [0.25, 0.3) is 0 Å². The van der Waals surface area contributed by atoms with Crippen LogP contribution >= 0.6 is 0 Å². The molecule has 2 atom stereocenters. The summed E-state index contributed by atoms with van der Waals surface area (Å²) in [6.07, 6.45) is 1.36. The first-order valence-electron chi connectivity index (χ1n) is 9.85. The molecule has 0 radical (unpaired) electrons. The second-order valence-corrected chi connectivity index (χ2v) is 8.67. The number of alkyl carbamates (subject to hydrolysis) is 1. The van der Waals surface area contributed by atoms with Crippen molar-refractivity contribution in [3.8, 4) is 0 Å². The number of carbonyl (C=O) groups is 3. The SMILES string of the molecule is CNC(=O)CC[C@@H](NC(=O)CC[C@@H](NC(=O)OC(C)(C)C)C(C)C)C(C)C. The Kier molecular flexibility index (Phi) is 11.0. The Bertz CT molecular complexity index is 484. The Morgan fingerprint density at radius 1 is 0.815 bits per heavy atom. The predicted molar refractivity (Wildman–Crippen MR) is 107 cm³/mol. The summed E-state index contributed by atoms with van der Waals surface area (Å²) in [5.74, 6) is 0.317. The molecule has 27 heavy (non-hydrogen) atoms. The number of amides is 3. The van der Waals surface area contributed by atoms with E-state index in [0.717, 1.165) is 0 Å². The van der Waals surface area contributed by atoms with E-state index < -0.39 is 11.7 Å². The zero-order valence-electron chi connectivity index (χ0n) is 18.3. The first-order valence-corrected chi connectivity index (χ1v) is 9.85. The molecule has 158 valence electrons. The number of ether oxygens (including phenoxy) is 1. The summed E-state index contributed by atoms with van der Waals surface area (Å²) in [4.78, 5) is 35.8. The highest BCUT2D eigenvalue weighted by Gasteiger charge is 2.23. The number of rotatable bonds is 10. The highest BCUT2D eigenvalue weighted by Crippen LogP contribution is 2.13. The quantitative estimate of drug-likeness (QED) is 0.538. The lowest BCUT2D eigenvalue weighted by molar-refractivity contribution is -0.124. The van der Waals surface area contributed by atoms with Gasteiger partial charge in [0.25, 0.3) is 0 Å². The molecule has 0 rings (SSSR count). The van der Waals surface area contributed by atoms with E-state index in [-0.39, 0.29) is 35.7 Å². The van der Waals surface area contributed by atoms with E-state index in [1.807, 2.05) is 48.5 Å². The van der Waals surface area contributed by atoms with Crippen LogP contribution in [0.5, 0.6) is 0 Å². The van der Waals surface area contributed by atoms with E-state index >= 15 is 0 Å². The van der Waals surface area contributed by atoms with Crippen LogP contribution in [-0.4, -0.2) is 42.6 Å². The minimum Gasteiger partial charge on any atom is -0.444 e. The second-order valence-electron chi connectivity index (χ2n) is 8.67. The maximum atomic E-state index is 12.4. The van der Waals surface area contributed by atoms with Gasteiger partial charge in [-0.05, 0) is 45.4 Å². The maximum absolute atomic E-state index is 12.4. The fourth-order valence-corrected chi connectivity index (χ4v) is 2.58. The Balaban J connectivity index is 4.58. The van der Waals surface area contributed by atoms with Crippen molar-refractivity contribution >= 4 is 17.9 Å². The van der Waals surface area contributed by atoms with Gasteiger partial charge in [0.1, 0.15) is 5.60 Å². The van der Waals surface area contributed by atoms with Gasteiger partial charge < -0.3 is 20.7 Å². The lowest BCUT2D eigenvalue weighted by Crippen LogP contribution is -2.43. The molecular formula is C20H39N3O4. The third-order valence-electron chi connectivity index (χ3n) is 4.30. The van der Waals surface area contributed by atoms with Crippen molar-refractivity contribution in [2.24, 2.45) is 11.8 Å². The van der Waals surface area contributed by atoms with Crippen LogP contribution in [0.1, 0.15) is 74.1 Å². The van der Waals surface area contributed by atoms with Crippen LogP contribution in [0.3, 0.4) is 0 Å². The summed E-state index contributed by atoms with van der Waals surface area (Å²) in [5, 5.41) is 8.47. The van der Waals surface area contributed by atoms with Gasteiger partial charge in [-0.2, -0.15) is 0 Å². The van der Waals surface area contributed by atoms with Gasteiger partial charge in [0.15, 0.2) is 0 Å². The van der Waals surface area contributed by atoms with Crippen LogP contribution in [0.15, 0.2) is 0 Å². The summed E-state index contributed by atoms with van der Waals surface area (Å²) in [7, 11) is 1.61. The van der Waals surface area contributed by atoms with E-state index in [4.69, 9.17) is 4.74 Å². The monoisotopic (exact) mass is 385 g/mol. The third kappa shape index (κ3) is 12.3. The van der Waals surface area contributed by atoms with Crippen molar-refractivity contribution in [3.05, 3.63) is 0 Å². The zero-order valence-corrected chi connectivity index (χ0v) is 18.3. The minimum atomic E-state index is -0.557. The molecule has 3 N–H and O–H groups in total. The summed E-state index contributed by atoms with van der Waals surface area (Å²) < 4.78 is 5.30. The molecule has 7 nitrogen and oxygen atoms in total. The first-order chi connectivity index (χ1) is 12.4. The van der Waals surface area contributed by atoms with Gasteiger partial charge in [-0.15, -0.1) is 0 Å². The Hall–Kier alpha value is -1.79. The molecule has 0 fully saturated rings. The van der Waals surface area contributed by atoms with E-state index in [2.05, 4.69) is 16.0 Å². The average Bonchev–Trinajstić information content (AvgIpc) is 2.52. The van der Waals surface area contributed by atoms with Crippen molar-refractivity contribution < 1.29 is 19.1 Å². The summed E-state index contributed by atoms with van der Waals surface area (Å²) in [6.45, 7) is 13.5. The van der Waals surface area contributed by atoms with Gasteiger partial charge >= 0.3 is 6.09 Å². The summed E-state index contributed by atoms with van der Waals surface area (Å²) in [5.41, 5.74) is -0.557. The molecule has 0 heterocycles. The lowest BCUT2D eigenvalue weighted by Gasteiger charge is -2.26. The lowest BCUT2D eigenvalue weighted by atomic mass is 9.97. The predicted octanol–water partition coefficient (Wildman–Crippen LogP) is 2.98. The molecule has 0 saturated heterocycles. The molecule has 0 unspecified atom stereocenters. The largest absolute Gasteiger partial charge is 0.444 e. The first kappa shape index (κ1) is 25.2. The molecule has 0 aliphatic rings. The van der Waals surface area contributed by atoms with E-state index in [9.17, 15) is 14.4 Å².